The average molecular weight is 256 g/mol. The summed E-state index contributed by atoms with van der Waals surface area (Å²) < 4.78 is 5.06. The van der Waals surface area contributed by atoms with Gasteiger partial charge in [0.1, 0.15) is 0 Å². The largest absolute Gasteiger partial charge is 0.472 e. The van der Waals surface area contributed by atoms with Crippen LogP contribution < -0.4 is 0 Å². The first-order valence-corrected chi connectivity index (χ1v) is 6.54. The fourth-order valence-electron chi connectivity index (χ4n) is 2.54. The van der Waals surface area contributed by atoms with Gasteiger partial charge in [0, 0.05) is 36.1 Å². The molecule has 3 heterocycles. The molecule has 2 aromatic rings. The second-order valence-corrected chi connectivity index (χ2v) is 4.96. The van der Waals surface area contributed by atoms with E-state index in [1.54, 1.807) is 24.9 Å². The summed E-state index contributed by atoms with van der Waals surface area (Å²) in [6.45, 7) is 2.94. The SMILES string of the molecule is CC1CCCN1C(=O)c1cncc(-c2ccoc2)c1. The number of likely N-dealkylation sites (tertiary alicyclic amines) is 1. The number of hydrogen-bond donors (Lipinski definition) is 0. The Morgan fingerprint density at radius 2 is 2.32 bits per heavy atom. The van der Waals surface area contributed by atoms with Crippen molar-refractivity contribution in [1.82, 2.24) is 9.88 Å². The third-order valence-corrected chi connectivity index (χ3v) is 3.65. The summed E-state index contributed by atoms with van der Waals surface area (Å²) in [5, 5.41) is 0. The average Bonchev–Trinajstić information content (AvgIpc) is 3.09. The van der Waals surface area contributed by atoms with E-state index in [1.165, 1.54) is 0 Å². The highest BCUT2D eigenvalue weighted by molar-refractivity contribution is 5.95. The normalized spacial score (nSPS) is 18.8. The Hall–Kier alpha value is -2.10. The van der Waals surface area contributed by atoms with Crippen LogP contribution >= 0.6 is 0 Å². The van der Waals surface area contributed by atoms with Crippen LogP contribution in [0, 0.1) is 0 Å². The highest BCUT2D eigenvalue weighted by Crippen LogP contribution is 2.23. The van der Waals surface area contributed by atoms with E-state index in [0.29, 0.717) is 11.6 Å². The van der Waals surface area contributed by atoms with E-state index in [2.05, 4.69) is 11.9 Å². The van der Waals surface area contributed by atoms with Crippen LogP contribution in [0.3, 0.4) is 0 Å². The van der Waals surface area contributed by atoms with E-state index in [-0.39, 0.29) is 5.91 Å². The molecular formula is C15H16N2O2. The quantitative estimate of drug-likeness (QED) is 0.829. The van der Waals surface area contributed by atoms with E-state index < -0.39 is 0 Å². The zero-order valence-corrected chi connectivity index (χ0v) is 10.9. The summed E-state index contributed by atoms with van der Waals surface area (Å²) in [6, 6.07) is 4.07. The summed E-state index contributed by atoms with van der Waals surface area (Å²) >= 11 is 0. The molecule has 3 rings (SSSR count). The Balaban J connectivity index is 1.89. The molecule has 0 aromatic carbocycles. The Bertz CT molecular complexity index is 578. The van der Waals surface area contributed by atoms with Gasteiger partial charge in [0.25, 0.3) is 5.91 Å². The van der Waals surface area contributed by atoms with E-state index in [0.717, 1.165) is 30.5 Å². The zero-order valence-electron chi connectivity index (χ0n) is 10.9. The molecule has 0 aliphatic carbocycles. The molecule has 1 atom stereocenters. The van der Waals surface area contributed by atoms with Crippen LogP contribution in [-0.2, 0) is 0 Å². The van der Waals surface area contributed by atoms with Crippen LogP contribution in [-0.4, -0.2) is 28.4 Å². The number of nitrogens with zero attached hydrogens (tertiary/aromatic N) is 2. The van der Waals surface area contributed by atoms with E-state index in [1.807, 2.05) is 17.0 Å². The van der Waals surface area contributed by atoms with Gasteiger partial charge in [-0.05, 0) is 31.9 Å². The number of furan rings is 1. The Morgan fingerprint density at radius 3 is 3.00 bits per heavy atom. The zero-order chi connectivity index (χ0) is 13.2. The first kappa shape index (κ1) is 12.0. The molecule has 0 spiro atoms. The first-order chi connectivity index (χ1) is 9.25. The molecule has 1 saturated heterocycles. The molecule has 0 saturated carbocycles. The number of pyridine rings is 1. The van der Waals surface area contributed by atoms with Crippen molar-refractivity contribution in [3.63, 3.8) is 0 Å². The predicted octanol–water partition coefficient (Wildman–Crippen LogP) is 2.97. The van der Waals surface area contributed by atoms with Crippen molar-refractivity contribution in [3.05, 3.63) is 42.6 Å². The molecule has 0 radical (unpaired) electrons. The third-order valence-electron chi connectivity index (χ3n) is 3.65. The van der Waals surface area contributed by atoms with Crippen LogP contribution in [0.4, 0.5) is 0 Å². The molecule has 4 nitrogen and oxygen atoms in total. The van der Waals surface area contributed by atoms with Crippen LogP contribution in [0.5, 0.6) is 0 Å². The lowest BCUT2D eigenvalue weighted by molar-refractivity contribution is 0.0747. The minimum Gasteiger partial charge on any atom is -0.472 e. The van der Waals surface area contributed by atoms with Gasteiger partial charge in [0.2, 0.25) is 0 Å². The fraction of sp³-hybridized carbons (Fsp3) is 0.333. The maximum atomic E-state index is 12.4. The minimum absolute atomic E-state index is 0.0721. The molecular weight excluding hydrogens is 240 g/mol. The van der Waals surface area contributed by atoms with Gasteiger partial charge in [-0.15, -0.1) is 0 Å². The summed E-state index contributed by atoms with van der Waals surface area (Å²) in [5.41, 5.74) is 2.50. The topological polar surface area (TPSA) is 46.3 Å². The molecule has 4 heteroatoms. The molecule has 1 aliphatic heterocycles. The van der Waals surface area contributed by atoms with Crippen molar-refractivity contribution < 1.29 is 9.21 Å². The van der Waals surface area contributed by atoms with Gasteiger partial charge in [0.05, 0.1) is 18.1 Å². The Labute approximate surface area is 112 Å². The summed E-state index contributed by atoms with van der Waals surface area (Å²) in [4.78, 5) is 18.5. The highest BCUT2D eigenvalue weighted by atomic mass is 16.3. The second-order valence-electron chi connectivity index (χ2n) is 4.96. The summed E-state index contributed by atoms with van der Waals surface area (Å²) in [5.74, 6) is 0.0721. The molecule has 0 N–H and O–H groups in total. The molecule has 98 valence electrons. The van der Waals surface area contributed by atoms with E-state index >= 15 is 0 Å². The van der Waals surface area contributed by atoms with Crippen LogP contribution in [0.2, 0.25) is 0 Å². The van der Waals surface area contributed by atoms with Gasteiger partial charge in [-0.2, -0.15) is 0 Å². The lowest BCUT2D eigenvalue weighted by atomic mass is 10.1. The summed E-state index contributed by atoms with van der Waals surface area (Å²) in [7, 11) is 0. The lowest BCUT2D eigenvalue weighted by Gasteiger charge is -2.21. The number of amides is 1. The molecule has 19 heavy (non-hydrogen) atoms. The van der Waals surface area contributed by atoms with Crippen molar-refractivity contribution in [2.45, 2.75) is 25.8 Å². The van der Waals surface area contributed by atoms with Gasteiger partial charge in [-0.3, -0.25) is 9.78 Å². The van der Waals surface area contributed by atoms with Crippen LogP contribution in [0.1, 0.15) is 30.1 Å². The molecule has 1 fully saturated rings. The van der Waals surface area contributed by atoms with Gasteiger partial charge in [-0.25, -0.2) is 0 Å². The minimum atomic E-state index is 0.0721. The highest BCUT2D eigenvalue weighted by Gasteiger charge is 2.26. The van der Waals surface area contributed by atoms with Crippen LogP contribution in [0.25, 0.3) is 11.1 Å². The number of carbonyl (C=O) groups is 1. The van der Waals surface area contributed by atoms with Crippen LogP contribution in [0.15, 0.2) is 41.5 Å². The van der Waals surface area contributed by atoms with Gasteiger partial charge < -0.3 is 9.32 Å². The third kappa shape index (κ3) is 2.26. The monoisotopic (exact) mass is 256 g/mol. The Morgan fingerprint density at radius 1 is 1.42 bits per heavy atom. The van der Waals surface area contributed by atoms with Crippen molar-refractivity contribution in [2.75, 3.05) is 6.54 Å². The maximum absolute atomic E-state index is 12.4. The Kier molecular flexibility index (Phi) is 3.07. The fourth-order valence-corrected chi connectivity index (χ4v) is 2.54. The van der Waals surface area contributed by atoms with Crippen molar-refractivity contribution in [2.24, 2.45) is 0 Å². The molecule has 1 aliphatic rings. The van der Waals surface area contributed by atoms with Crippen molar-refractivity contribution in [1.29, 1.82) is 0 Å². The maximum Gasteiger partial charge on any atom is 0.255 e. The van der Waals surface area contributed by atoms with E-state index in [4.69, 9.17) is 4.42 Å². The van der Waals surface area contributed by atoms with Gasteiger partial charge >= 0.3 is 0 Å². The second kappa shape index (κ2) is 4.88. The predicted molar refractivity (Wildman–Crippen MR) is 71.7 cm³/mol. The molecule has 2 aromatic heterocycles. The van der Waals surface area contributed by atoms with E-state index in [9.17, 15) is 4.79 Å². The van der Waals surface area contributed by atoms with Crippen molar-refractivity contribution in [3.8, 4) is 11.1 Å². The number of rotatable bonds is 2. The number of hydrogen-bond acceptors (Lipinski definition) is 3. The molecule has 1 unspecified atom stereocenters. The standard InChI is InChI=1S/C15H16N2O2/c1-11-3-2-5-17(11)15(18)14-7-13(8-16-9-14)12-4-6-19-10-12/h4,6-11H,2-3,5H2,1H3. The number of aromatic nitrogens is 1. The molecule has 0 bridgehead atoms. The number of carbonyl (C=O) groups excluding carboxylic acids is 1. The van der Waals surface area contributed by atoms with Gasteiger partial charge in [0.15, 0.2) is 0 Å². The van der Waals surface area contributed by atoms with Crippen molar-refractivity contribution >= 4 is 5.91 Å². The smallest absolute Gasteiger partial charge is 0.255 e. The summed E-state index contributed by atoms with van der Waals surface area (Å²) in [6.07, 6.45) is 8.82. The van der Waals surface area contributed by atoms with Gasteiger partial charge in [-0.1, -0.05) is 0 Å². The lowest BCUT2D eigenvalue weighted by Crippen LogP contribution is -2.33. The first-order valence-electron chi connectivity index (χ1n) is 6.54. The molecule has 1 amide bonds.